The van der Waals surface area contributed by atoms with Gasteiger partial charge in [-0.1, -0.05) is 13.8 Å². The predicted octanol–water partition coefficient (Wildman–Crippen LogP) is 2.33. The van der Waals surface area contributed by atoms with E-state index in [0.717, 1.165) is 18.0 Å². The predicted molar refractivity (Wildman–Crippen MR) is 66.7 cm³/mol. The summed E-state index contributed by atoms with van der Waals surface area (Å²) in [4.78, 5) is 0. The number of hydrogen-bond acceptors (Lipinski definition) is 3. The summed E-state index contributed by atoms with van der Waals surface area (Å²) in [6, 6.07) is 4.49. The van der Waals surface area contributed by atoms with Crippen LogP contribution in [0, 0.1) is 6.92 Å². The maximum atomic E-state index is 5.52. The van der Waals surface area contributed by atoms with E-state index in [-0.39, 0.29) is 0 Å². The zero-order valence-electron chi connectivity index (χ0n) is 10.6. The van der Waals surface area contributed by atoms with Crippen LogP contribution in [-0.2, 0) is 13.1 Å². The van der Waals surface area contributed by atoms with Gasteiger partial charge in [-0.3, -0.25) is 4.68 Å². The summed E-state index contributed by atoms with van der Waals surface area (Å²) in [6.07, 6.45) is 3.55. The Kier molecular flexibility index (Phi) is 3.64. The van der Waals surface area contributed by atoms with Crippen LogP contribution >= 0.6 is 0 Å². The van der Waals surface area contributed by atoms with Crippen LogP contribution in [0.15, 0.2) is 29.0 Å². The van der Waals surface area contributed by atoms with Crippen LogP contribution in [0.5, 0.6) is 0 Å². The molecule has 2 aromatic heterocycles. The lowest BCUT2D eigenvalue weighted by molar-refractivity contribution is 0.467. The van der Waals surface area contributed by atoms with Crippen LogP contribution in [0.2, 0.25) is 0 Å². The Morgan fingerprint density at radius 2 is 2.24 bits per heavy atom. The van der Waals surface area contributed by atoms with Crippen molar-refractivity contribution in [3.05, 3.63) is 41.6 Å². The van der Waals surface area contributed by atoms with E-state index in [1.165, 1.54) is 5.56 Å². The number of nitrogens with zero attached hydrogens (tertiary/aromatic N) is 2. The van der Waals surface area contributed by atoms with Crippen molar-refractivity contribution in [1.29, 1.82) is 0 Å². The minimum absolute atomic E-state index is 0.476. The Bertz CT molecular complexity index is 470. The van der Waals surface area contributed by atoms with E-state index < -0.39 is 0 Å². The molecule has 2 aromatic rings. The van der Waals surface area contributed by atoms with Crippen molar-refractivity contribution < 1.29 is 4.42 Å². The van der Waals surface area contributed by atoms with Crippen LogP contribution < -0.4 is 5.32 Å². The molecule has 4 heteroatoms. The summed E-state index contributed by atoms with van der Waals surface area (Å²) >= 11 is 0. The highest BCUT2D eigenvalue weighted by atomic mass is 16.3. The van der Waals surface area contributed by atoms with Gasteiger partial charge in [0.2, 0.25) is 0 Å². The van der Waals surface area contributed by atoms with E-state index in [4.69, 9.17) is 4.42 Å². The molecule has 1 N–H and O–H groups in total. The largest absolute Gasteiger partial charge is 0.467 e. The highest BCUT2D eigenvalue weighted by Gasteiger charge is 2.08. The lowest BCUT2D eigenvalue weighted by Gasteiger charge is -2.08. The molecule has 0 saturated carbocycles. The average Bonchev–Trinajstić information content (AvgIpc) is 2.87. The monoisotopic (exact) mass is 233 g/mol. The van der Waals surface area contributed by atoms with E-state index in [2.05, 4.69) is 24.3 Å². The minimum atomic E-state index is 0.476. The molecule has 0 aromatic carbocycles. The number of hydrogen-bond donors (Lipinski definition) is 1. The second kappa shape index (κ2) is 5.19. The van der Waals surface area contributed by atoms with Gasteiger partial charge in [0.1, 0.15) is 5.76 Å². The summed E-state index contributed by atoms with van der Waals surface area (Å²) in [5, 5.41) is 7.66. The topological polar surface area (TPSA) is 43.0 Å². The van der Waals surface area contributed by atoms with Crippen molar-refractivity contribution >= 4 is 0 Å². The van der Waals surface area contributed by atoms with Crippen molar-refractivity contribution in [3.8, 4) is 0 Å². The molecule has 2 heterocycles. The van der Waals surface area contributed by atoms with Crippen LogP contribution in [-0.4, -0.2) is 15.8 Å². The number of aryl methyl sites for hydroxylation is 1. The summed E-state index contributed by atoms with van der Waals surface area (Å²) in [5.41, 5.74) is 2.35. The fourth-order valence-electron chi connectivity index (χ4n) is 1.68. The Hall–Kier alpha value is -1.55. The van der Waals surface area contributed by atoms with Gasteiger partial charge in [0.05, 0.1) is 12.8 Å². The van der Waals surface area contributed by atoms with Gasteiger partial charge in [0, 0.05) is 30.0 Å². The van der Waals surface area contributed by atoms with E-state index in [9.17, 15) is 0 Å². The number of furan rings is 1. The molecule has 17 heavy (non-hydrogen) atoms. The third-order valence-corrected chi connectivity index (χ3v) is 2.76. The second-order valence-electron chi connectivity index (χ2n) is 4.53. The molecule has 0 amide bonds. The maximum absolute atomic E-state index is 5.52. The normalized spacial score (nSPS) is 11.3. The summed E-state index contributed by atoms with van der Waals surface area (Å²) in [7, 11) is 0. The van der Waals surface area contributed by atoms with Crippen LogP contribution in [0.4, 0.5) is 0 Å². The number of rotatable bonds is 5. The van der Waals surface area contributed by atoms with Gasteiger partial charge in [-0.2, -0.15) is 5.10 Å². The van der Waals surface area contributed by atoms with Crippen LogP contribution in [0.25, 0.3) is 0 Å². The maximum Gasteiger partial charge on any atom is 0.129 e. The molecule has 0 spiro atoms. The first-order valence-electron chi connectivity index (χ1n) is 5.94. The molecule has 0 aliphatic rings. The zero-order valence-corrected chi connectivity index (χ0v) is 10.6. The molecule has 0 atom stereocenters. The summed E-state index contributed by atoms with van der Waals surface area (Å²) in [5.74, 6) is 0.977. The fourth-order valence-corrected chi connectivity index (χ4v) is 1.68. The first-order valence-corrected chi connectivity index (χ1v) is 5.94. The summed E-state index contributed by atoms with van der Waals surface area (Å²) < 4.78 is 7.47. The molecule has 0 aliphatic heterocycles. The Morgan fingerprint density at radius 3 is 2.88 bits per heavy atom. The first-order chi connectivity index (χ1) is 8.16. The Morgan fingerprint density at radius 1 is 1.41 bits per heavy atom. The third-order valence-electron chi connectivity index (χ3n) is 2.76. The van der Waals surface area contributed by atoms with E-state index in [0.29, 0.717) is 12.6 Å². The highest BCUT2D eigenvalue weighted by molar-refractivity contribution is 5.17. The van der Waals surface area contributed by atoms with Gasteiger partial charge in [0.25, 0.3) is 0 Å². The molecule has 0 bridgehead atoms. The number of nitrogens with one attached hydrogen (secondary N) is 1. The van der Waals surface area contributed by atoms with Crippen molar-refractivity contribution in [2.75, 3.05) is 0 Å². The van der Waals surface area contributed by atoms with Gasteiger partial charge in [-0.05, 0) is 19.1 Å². The molecule has 0 fully saturated rings. The fraction of sp³-hybridized carbons (Fsp3) is 0.462. The standard InChI is InChI=1S/C13H19N3O/c1-10(2)14-8-12-5-7-17-13(12)9-16-11(3)4-6-15-16/h4-7,10,14H,8-9H2,1-3H3. The number of aromatic nitrogens is 2. The van der Waals surface area contributed by atoms with Gasteiger partial charge >= 0.3 is 0 Å². The lowest BCUT2D eigenvalue weighted by atomic mass is 10.2. The van der Waals surface area contributed by atoms with Crippen LogP contribution in [0.3, 0.4) is 0 Å². The minimum Gasteiger partial charge on any atom is -0.467 e. The van der Waals surface area contributed by atoms with Gasteiger partial charge in [0.15, 0.2) is 0 Å². The molecule has 0 radical (unpaired) electrons. The molecule has 2 rings (SSSR count). The second-order valence-corrected chi connectivity index (χ2v) is 4.53. The van der Waals surface area contributed by atoms with Crippen molar-refractivity contribution in [1.82, 2.24) is 15.1 Å². The molecule has 0 aliphatic carbocycles. The molecule has 4 nitrogen and oxygen atoms in total. The molecular formula is C13H19N3O. The van der Waals surface area contributed by atoms with Crippen LogP contribution in [0.1, 0.15) is 30.9 Å². The lowest BCUT2D eigenvalue weighted by Crippen LogP contribution is -2.22. The first kappa shape index (κ1) is 11.9. The zero-order chi connectivity index (χ0) is 12.3. The van der Waals surface area contributed by atoms with Crippen molar-refractivity contribution in [2.24, 2.45) is 0 Å². The van der Waals surface area contributed by atoms with E-state index in [1.54, 1.807) is 6.26 Å². The van der Waals surface area contributed by atoms with Crippen molar-refractivity contribution in [3.63, 3.8) is 0 Å². The third kappa shape index (κ3) is 2.97. The van der Waals surface area contributed by atoms with Gasteiger partial charge in [-0.25, -0.2) is 0 Å². The average molecular weight is 233 g/mol. The summed E-state index contributed by atoms with van der Waals surface area (Å²) in [6.45, 7) is 7.85. The van der Waals surface area contributed by atoms with Gasteiger partial charge in [-0.15, -0.1) is 0 Å². The smallest absolute Gasteiger partial charge is 0.129 e. The Balaban J connectivity index is 2.06. The van der Waals surface area contributed by atoms with Gasteiger partial charge < -0.3 is 9.73 Å². The molecule has 0 unspecified atom stereocenters. The SMILES string of the molecule is Cc1ccnn1Cc1occc1CNC(C)C. The molecule has 0 saturated heterocycles. The molecule has 92 valence electrons. The quantitative estimate of drug-likeness (QED) is 0.862. The van der Waals surface area contributed by atoms with E-state index >= 15 is 0 Å². The molecular weight excluding hydrogens is 214 g/mol. The highest BCUT2D eigenvalue weighted by Crippen LogP contribution is 2.13. The Labute approximate surface area is 102 Å². The van der Waals surface area contributed by atoms with E-state index in [1.807, 2.05) is 29.9 Å². The van der Waals surface area contributed by atoms with Crippen molar-refractivity contribution in [2.45, 2.75) is 39.9 Å².